The molecule has 0 radical (unpaired) electrons. The number of nitro groups is 1. The minimum atomic E-state index is -0.853. The summed E-state index contributed by atoms with van der Waals surface area (Å²) in [5.74, 6) is 0.212. The summed E-state index contributed by atoms with van der Waals surface area (Å²) in [6, 6.07) is 8.33. The molecule has 10 heteroatoms. The average Bonchev–Trinajstić information content (AvgIpc) is 3.18. The Balaban J connectivity index is 0.000000405. The number of nitro benzene ring substituents is 1. The number of nitriles is 1. The molecule has 1 aromatic rings. The number of rotatable bonds is 6. The summed E-state index contributed by atoms with van der Waals surface area (Å²) in [6.45, 7) is 14.7. The molecule has 0 aliphatic carbocycles. The first-order chi connectivity index (χ1) is 16.1. The van der Waals surface area contributed by atoms with Gasteiger partial charge >= 0.3 is 6.16 Å². The number of fused-ring (bicyclic) bond motifs is 1. The van der Waals surface area contributed by atoms with Gasteiger partial charge < -0.3 is 18.9 Å². The molecule has 0 bridgehead atoms. The van der Waals surface area contributed by atoms with Crippen LogP contribution in [0, 0.1) is 27.4 Å². The van der Waals surface area contributed by atoms with Gasteiger partial charge in [0, 0.05) is 43.7 Å². The Labute approximate surface area is 201 Å². The smallest absolute Gasteiger partial charge is 0.428 e. The molecular weight excluding hydrogens is 442 g/mol. The third-order valence-electron chi connectivity index (χ3n) is 5.40. The highest BCUT2D eigenvalue weighted by molar-refractivity contribution is 5.64. The van der Waals surface area contributed by atoms with Gasteiger partial charge in [0.25, 0.3) is 5.69 Å². The molecule has 0 amide bonds. The maximum Gasteiger partial charge on any atom is 0.514 e. The van der Waals surface area contributed by atoms with Gasteiger partial charge in [0.1, 0.15) is 11.9 Å². The van der Waals surface area contributed by atoms with Crippen LogP contribution in [-0.4, -0.2) is 60.2 Å². The van der Waals surface area contributed by atoms with Crippen molar-refractivity contribution in [2.45, 2.75) is 78.9 Å². The topological polar surface area (TPSA) is 124 Å². The molecule has 0 N–H and O–H groups in total. The minimum Gasteiger partial charge on any atom is -0.428 e. The Hall–Kier alpha value is -2.74. The Bertz CT molecular complexity index is 785. The van der Waals surface area contributed by atoms with Gasteiger partial charge in [0.05, 0.1) is 17.6 Å². The first-order valence-electron chi connectivity index (χ1n) is 11.6. The average molecular weight is 480 g/mol. The Kier molecular flexibility index (Phi) is 13.1. The first-order valence-corrected chi connectivity index (χ1v) is 11.6. The molecule has 34 heavy (non-hydrogen) atoms. The van der Waals surface area contributed by atoms with Crippen molar-refractivity contribution in [2.24, 2.45) is 5.92 Å². The van der Waals surface area contributed by atoms with Gasteiger partial charge in [-0.2, -0.15) is 5.26 Å². The van der Waals surface area contributed by atoms with Crippen molar-refractivity contribution in [3.8, 4) is 11.8 Å². The van der Waals surface area contributed by atoms with Crippen LogP contribution >= 0.6 is 0 Å². The number of benzene rings is 1. The van der Waals surface area contributed by atoms with Crippen LogP contribution in [0.4, 0.5) is 10.5 Å². The van der Waals surface area contributed by atoms with Crippen LogP contribution in [0.25, 0.3) is 0 Å². The third-order valence-corrected chi connectivity index (χ3v) is 5.40. The molecule has 2 saturated heterocycles. The van der Waals surface area contributed by atoms with E-state index in [0.717, 1.165) is 19.4 Å². The molecule has 2 heterocycles. The Morgan fingerprint density at radius 1 is 1.24 bits per heavy atom. The fourth-order valence-electron chi connectivity index (χ4n) is 3.95. The van der Waals surface area contributed by atoms with Crippen LogP contribution in [0.2, 0.25) is 0 Å². The fraction of sp³-hybridized carbons (Fsp3) is 0.667. The molecule has 1 aromatic carbocycles. The molecule has 0 aromatic heterocycles. The minimum absolute atomic E-state index is 0.0261. The maximum absolute atomic E-state index is 11.8. The zero-order chi connectivity index (χ0) is 25.7. The van der Waals surface area contributed by atoms with Crippen molar-refractivity contribution in [1.29, 1.82) is 5.26 Å². The molecule has 0 saturated carbocycles. The van der Waals surface area contributed by atoms with Gasteiger partial charge in [-0.05, 0) is 59.2 Å². The standard InChI is InChI=1S/C14H15NO7.C8H19N.C2H3N/c16-14(21-10-5-3-9(4-6-10)15(17)18)22-12-8-20-13-11(12)2-1-7-19-13;1-6-9(7(2)3)8(4)5;1-2-3/h3-6,11-13H,1-2,7-8H2;7-8H,6H2,1-5H3;1H3. The largest absolute Gasteiger partial charge is 0.514 e. The molecule has 10 nitrogen and oxygen atoms in total. The second-order valence-corrected chi connectivity index (χ2v) is 8.38. The summed E-state index contributed by atoms with van der Waals surface area (Å²) in [5, 5.41) is 17.9. The maximum atomic E-state index is 11.8. The SMILES string of the molecule is CC#N.CCN(C(C)C)C(C)C.O=C(Oc1ccc([N+](=O)[O-])cc1)OC1COC2OCCCC12. The van der Waals surface area contributed by atoms with E-state index in [2.05, 4.69) is 39.5 Å². The third kappa shape index (κ3) is 9.63. The van der Waals surface area contributed by atoms with Crippen LogP contribution in [0.3, 0.4) is 0 Å². The lowest BCUT2D eigenvalue weighted by Gasteiger charge is -2.28. The van der Waals surface area contributed by atoms with Gasteiger partial charge in [-0.1, -0.05) is 6.92 Å². The zero-order valence-corrected chi connectivity index (χ0v) is 20.9. The van der Waals surface area contributed by atoms with Crippen molar-refractivity contribution in [2.75, 3.05) is 19.8 Å². The summed E-state index contributed by atoms with van der Waals surface area (Å²) in [6.07, 6.45) is 0.220. The second-order valence-electron chi connectivity index (χ2n) is 8.38. The summed E-state index contributed by atoms with van der Waals surface area (Å²) < 4.78 is 21.2. The molecule has 2 aliphatic heterocycles. The number of hydrogen-bond donors (Lipinski definition) is 0. The zero-order valence-electron chi connectivity index (χ0n) is 20.9. The Morgan fingerprint density at radius 3 is 2.29 bits per heavy atom. The predicted octanol–water partition coefficient (Wildman–Crippen LogP) is 4.92. The predicted molar refractivity (Wildman–Crippen MR) is 126 cm³/mol. The van der Waals surface area contributed by atoms with Crippen LogP contribution in [0.1, 0.15) is 54.4 Å². The van der Waals surface area contributed by atoms with E-state index in [0.29, 0.717) is 18.7 Å². The van der Waals surface area contributed by atoms with Gasteiger partial charge in [0.15, 0.2) is 6.29 Å². The van der Waals surface area contributed by atoms with Gasteiger partial charge in [0.2, 0.25) is 0 Å². The van der Waals surface area contributed by atoms with Crippen LogP contribution in [-0.2, 0) is 14.2 Å². The highest BCUT2D eigenvalue weighted by Crippen LogP contribution is 2.32. The lowest BCUT2D eigenvalue weighted by Crippen LogP contribution is -2.36. The van der Waals surface area contributed by atoms with Crippen molar-refractivity contribution < 1.29 is 28.7 Å². The quantitative estimate of drug-likeness (QED) is 0.242. The van der Waals surface area contributed by atoms with Crippen molar-refractivity contribution in [3.05, 3.63) is 34.4 Å². The van der Waals surface area contributed by atoms with E-state index in [4.69, 9.17) is 24.2 Å². The van der Waals surface area contributed by atoms with E-state index >= 15 is 0 Å². The summed E-state index contributed by atoms with van der Waals surface area (Å²) in [7, 11) is 0. The van der Waals surface area contributed by atoms with Gasteiger partial charge in [-0.15, -0.1) is 0 Å². The number of non-ortho nitro benzene ring substituents is 1. The highest BCUT2D eigenvalue weighted by Gasteiger charge is 2.42. The monoisotopic (exact) mass is 479 g/mol. The Morgan fingerprint density at radius 2 is 1.82 bits per heavy atom. The van der Waals surface area contributed by atoms with Crippen molar-refractivity contribution in [1.82, 2.24) is 4.90 Å². The number of carbonyl (C=O) groups is 1. The molecule has 3 atom stereocenters. The number of ether oxygens (including phenoxy) is 4. The first kappa shape index (κ1) is 29.3. The van der Waals surface area contributed by atoms with Crippen molar-refractivity contribution in [3.63, 3.8) is 0 Å². The molecule has 3 unspecified atom stereocenters. The van der Waals surface area contributed by atoms with E-state index in [1.54, 1.807) is 6.07 Å². The van der Waals surface area contributed by atoms with E-state index in [1.807, 2.05) is 0 Å². The lowest BCUT2D eigenvalue weighted by molar-refractivity contribution is -0.384. The van der Waals surface area contributed by atoms with Crippen LogP contribution < -0.4 is 4.74 Å². The highest BCUT2D eigenvalue weighted by atomic mass is 16.7. The summed E-state index contributed by atoms with van der Waals surface area (Å²) >= 11 is 0. The number of carbonyl (C=O) groups excluding carboxylic acids is 1. The fourth-order valence-corrected chi connectivity index (χ4v) is 3.95. The normalized spacial score (nSPS) is 20.9. The summed E-state index contributed by atoms with van der Waals surface area (Å²) in [5.41, 5.74) is -0.0768. The summed E-state index contributed by atoms with van der Waals surface area (Å²) in [4.78, 5) is 24.3. The van der Waals surface area contributed by atoms with Crippen LogP contribution in [0.5, 0.6) is 5.75 Å². The molecule has 3 rings (SSSR count). The van der Waals surface area contributed by atoms with Crippen molar-refractivity contribution >= 4 is 11.8 Å². The molecular formula is C24H37N3O7. The molecule has 0 spiro atoms. The second kappa shape index (κ2) is 15.2. The number of hydrogen-bond acceptors (Lipinski definition) is 9. The van der Waals surface area contributed by atoms with E-state index in [1.165, 1.54) is 31.2 Å². The molecule has 190 valence electrons. The van der Waals surface area contributed by atoms with E-state index in [-0.39, 0.29) is 30.3 Å². The molecule has 2 aliphatic rings. The lowest BCUT2D eigenvalue weighted by atomic mass is 9.97. The van der Waals surface area contributed by atoms with Gasteiger partial charge in [-0.25, -0.2) is 4.79 Å². The number of nitrogens with zero attached hydrogens (tertiary/aromatic N) is 3. The molecule has 2 fully saturated rings. The van der Waals surface area contributed by atoms with E-state index < -0.39 is 17.2 Å². The van der Waals surface area contributed by atoms with E-state index in [9.17, 15) is 14.9 Å². The van der Waals surface area contributed by atoms with Gasteiger partial charge in [-0.3, -0.25) is 15.0 Å². The van der Waals surface area contributed by atoms with Crippen LogP contribution in [0.15, 0.2) is 24.3 Å².